The van der Waals surface area contributed by atoms with Gasteiger partial charge in [-0.3, -0.25) is 9.89 Å². The minimum absolute atomic E-state index is 0.00549. The van der Waals surface area contributed by atoms with Gasteiger partial charge in [0.05, 0.1) is 5.92 Å². The summed E-state index contributed by atoms with van der Waals surface area (Å²) in [6.07, 6.45) is 1.50. The Hall–Kier alpha value is -1.75. The van der Waals surface area contributed by atoms with Crippen LogP contribution in [-0.2, 0) is 4.79 Å². The zero-order valence-electron chi connectivity index (χ0n) is 13.0. The predicted octanol–water partition coefficient (Wildman–Crippen LogP) is 4.00. The van der Waals surface area contributed by atoms with E-state index in [1.54, 1.807) is 11.3 Å². The maximum Gasteiger partial charge on any atom is 0.177 e. The zero-order chi connectivity index (χ0) is 15.5. The first-order valence-corrected chi connectivity index (χ1v) is 8.58. The Labute approximate surface area is 133 Å². The van der Waals surface area contributed by atoms with Crippen LogP contribution in [0.15, 0.2) is 21.8 Å². The van der Waals surface area contributed by atoms with Crippen LogP contribution in [0.3, 0.4) is 0 Å². The first-order chi connectivity index (χ1) is 10.5. The maximum atomic E-state index is 12.9. The van der Waals surface area contributed by atoms with Gasteiger partial charge < -0.3 is 0 Å². The molecule has 4 rings (SSSR count). The molecule has 2 aliphatic rings. The van der Waals surface area contributed by atoms with E-state index in [-0.39, 0.29) is 17.3 Å². The lowest BCUT2D eigenvalue weighted by Crippen LogP contribution is -2.42. The van der Waals surface area contributed by atoms with Crippen LogP contribution in [0.25, 0.3) is 0 Å². The fourth-order valence-electron chi connectivity index (χ4n) is 3.91. The van der Waals surface area contributed by atoms with Gasteiger partial charge in [-0.15, -0.1) is 0 Å². The Morgan fingerprint density at radius 3 is 2.86 bits per heavy atom. The molecule has 5 heteroatoms. The van der Waals surface area contributed by atoms with Gasteiger partial charge in [0, 0.05) is 29.3 Å². The molecule has 1 saturated carbocycles. The van der Waals surface area contributed by atoms with Gasteiger partial charge >= 0.3 is 0 Å². The molecule has 0 aromatic carbocycles. The normalized spacial score (nSPS) is 26.3. The lowest BCUT2D eigenvalue weighted by molar-refractivity contribution is -0.124. The van der Waals surface area contributed by atoms with Crippen molar-refractivity contribution in [1.82, 2.24) is 10.2 Å². The fourth-order valence-corrected chi connectivity index (χ4v) is 4.61. The van der Waals surface area contributed by atoms with E-state index >= 15 is 0 Å². The molecule has 0 bridgehead atoms. The van der Waals surface area contributed by atoms with Crippen molar-refractivity contribution in [2.75, 3.05) is 0 Å². The highest BCUT2D eigenvalue weighted by Crippen LogP contribution is 2.49. The number of fused-ring (bicyclic) bond motifs is 2. The third kappa shape index (κ3) is 1.99. The number of nitrogens with zero attached hydrogens (tertiary/aromatic N) is 2. The Morgan fingerprint density at radius 1 is 1.32 bits per heavy atom. The molecule has 2 atom stereocenters. The Kier molecular flexibility index (Phi) is 2.92. The maximum absolute atomic E-state index is 12.9. The highest BCUT2D eigenvalue weighted by Gasteiger charge is 2.46. The first-order valence-electron chi connectivity index (χ1n) is 7.63. The van der Waals surface area contributed by atoms with E-state index in [4.69, 9.17) is 4.99 Å². The van der Waals surface area contributed by atoms with E-state index in [1.807, 2.05) is 6.92 Å². The Balaban J connectivity index is 1.92. The summed E-state index contributed by atoms with van der Waals surface area (Å²) in [6.45, 7) is 6.31. The summed E-state index contributed by atoms with van der Waals surface area (Å²) in [5, 5.41) is 11.6. The largest absolute Gasteiger partial charge is 0.299 e. The zero-order valence-corrected chi connectivity index (χ0v) is 13.8. The van der Waals surface area contributed by atoms with Crippen molar-refractivity contribution in [1.29, 1.82) is 0 Å². The third-order valence-electron chi connectivity index (χ3n) is 4.79. The molecule has 1 fully saturated rings. The molecule has 2 unspecified atom stereocenters. The van der Waals surface area contributed by atoms with Crippen molar-refractivity contribution in [2.24, 2.45) is 16.3 Å². The first kappa shape index (κ1) is 13.9. The van der Waals surface area contributed by atoms with E-state index in [0.717, 1.165) is 29.2 Å². The summed E-state index contributed by atoms with van der Waals surface area (Å²) in [4.78, 5) is 17.6. The van der Waals surface area contributed by atoms with Crippen LogP contribution in [0.2, 0.25) is 0 Å². The lowest BCUT2D eigenvalue weighted by Gasteiger charge is -2.39. The molecule has 1 aliphatic heterocycles. The molecule has 22 heavy (non-hydrogen) atoms. The molecule has 1 aliphatic carbocycles. The number of hydrogen-bond acceptors (Lipinski definition) is 4. The minimum atomic E-state index is -0.119. The molecule has 3 heterocycles. The van der Waals surface area contributed by atoms with Crippen molar-refractivity contribution in [3.63, 3.8) is 0 Å². The number of aromatic amines is 1. The van der Waals surface area contributed by atoms with E-state index < -0.39 is 0 Å². The summed E-state index contributed by atoms with van der Waals surface area (Å²) in [7, 11) is 0. The second-order valence-electron chi connectivity index (χ2n) is 7.19. The molecule has 114 valence electrons. The van der Waals surface area contributed by atoms with Crippen LogP contribution in [0.4, 0.5) is 5.82 Å². The second kappa shape index (κ2) is 4.62. The van der Waals surface area contributed by atoms with Crippen LogP contribution in [0.5, 0.6) is 0 Å². The molecule has 2 aromatic heterocycles. The molecule has 1 N–H and O–H groups in total. The van der Waals surface area contributed by atoms with Crippen LogP contribution in [0.1, 0.15) is 49.4 Å². The number of thiophene rings is 1. The van der Waals surface area contributed by atoms with Crippen molar-refractivity contribution < 1.29 is 4.79 Å². The van der Waals surface area contributed by atoms with Gasteiger partial charge in [-0.05, 0) is 41.1 Å². The van der Waals surface area contributed by atoms with Gasteiger partial charge in [-0.2, -0.15) is 16.4 Å². The molecule has 0 spiro atoms. The SMILES string of the molecule is Cc1[nH]nc2c1C(c1ccsc1)C1C(=O)CC(C)(C)CC1=N2. The number of aromatic nitrogens is 2. The number of aliphatic imine (C=N–C) groups is 1. The number of ketones is 1. The number of H-pyrrole nitrogens is 1. The van der Waals surface area contributed by atoms with Crippen LogP contribution in [-0.4, -0.2) is 21.7 Å². The van der Waals surface area contributed by atoms with Gasteiger partial charge in [0.2, 0.25) is 0 Å². The third-order valence-corrected chi connectivity index (χ3v) is 5.49. The number of carbonyl (C=O) groups excluding carboxylic acids is 1. The van der Waals surface area contributed by atoms with Crippen molar-refractivity contribution >= 4 is 28.6 Å². The molecule has 2 aromatic rings. The van der Waals surface area contributed by atoms with E-state index in [0.29, 0.717) is 12.2 Å². The summed E-state index contributed by atoms with van der Waals surface area (Å²) in [6, 6.07) is 2.13. The van der Waals surface area contributed by atoms with Crippen molar-refractivity contribution in [3.8, 4) is 0 Å². The number of hydrogen-bond donors (Lipinski definition) is 1. The quantitative estimate of drug-likeness (QED) is 0.865. The smallest absolute Gasteiger partial charge is 0.177 e. The minimum Gasteiger partial charge on any atom is -0.299 e. The van der Waals surface area contributed by atoms with Crippen LogP contribution >= 0.6 is 11.3 Å². The predicted molar refractivity (Wildman–Crippen MR) is 88.1 cm³/mol. The van der Waals surface area contributed by atoms with Crippen LogP contribution < -0.4 is 0 Å². The van der Waals surface area contributed by atoms with Crippen LogP contribution in [0, 0.1) is 18.3 Å². The van der Waals surface area contributed by atoms with E-state index in [9.17, 15) is 4.79 Å². The van der Waals surface area contributed by atoms with E-state index in [2.05, 4.69) is 40.9 Å². The highest BCUT2D eigenvalue weighted by molar-refractivity contribution is 7.08. The van der Waals surface area contributed by atoms with Gasteiger partial charge in [-0.1, -0.05) is 13.8 Å². The molecule has 0 saturated heterocycles. The molecule has 0 amide bonds. The number of carbonyl (C=O) groups is 1. The topological polar surface area (TPSA) is 58.1 Å². The molecular formula is C17H19N3OS. The lowest BCUT2D eigenvalue weighted by atomic mass is 9.64. The van der Waals surface area contributed by atoms with Gasteiger partial charge in [-0.25, -0.2) is 4.99 Å². The summed E-state index contributed by atoms with van der Waals surface area (Å²) in [5.74, 6) is 1.03. The monoisotopic (exact) mass is 313 g/mol. The Bertz CT molecular complexity index is 770. The number of rotatable bonds is 1. The average Bonchev–Trinajstić information content (AvgIpc) is 3.05. The highest BCUT2D eigenvalue weighted by atomic mass is 32.1. The van der Waals surface area contributed by atoms with Crippen molar-refractivity contribution in [2.45, 2.75) is 39.5 Å². The second-order valence-corrected chi connectivity index (χ2v) is 7.97. The fraction of sp³-hybridized carbons (Fsp3) is 0.471. The summed E-state index contributed by atoms with van der Waals surface area (Å²) < 4.78 is 0. The molecular weight excluding hydrogens is 294 g/mol. The molecule has 0 radical (unpaired) electrons. The van der Waals surface area contributed by atoms with Gasteiger partial charge in [0.15, 0.2) is 5.82 Å². The Morgan fingerprint density at radius 2 is 2.14 bits per heavy atom. The van der Waals surface area contributed by atoms with Crippen molar-refractivity contribution in [3.05, 3.63) is 33.6 Å². The average molecular weight is 313 g/mol. The van der Waals surface area contributed by atoms with Gasteiger partial charge in [0.1, 0.15) is 5.78 Å². The summed E-state index contributed by atoms with van der Waals surface area (Å²) in [5.41, 5.74) is 4.33. The van der Waals surface area contributed by atoms with E-state index in [1.165, 1.54) is 5.56 Å². The molecule has 4 nitrogen and oxygen atoms in total. The number of nitrogens with one attached hydrogen (secondary N) is 1. The number of aryl methyl sites for hydroxylation is 1. The summed E-state index contributed by atoms with van der Waals surface area (Å²) >= 11 is 1.67. The van der Waals surface area contributed by atoms with Gasteiger partial charge in [0.25, 0.3) is 0 Å². The number of Topliss-reactive ketones (excluding diaryl/α,β-unsaturated/α-hetero) is 1. The standard InChI is InChI=1S/C17H19N3OS/c1-9-13-14(10-4-5-22-8-10)15-11(18-16(13)20-19-9)6-17(2,3)7-12(15)21/h4-5,8,14-15H,6-7H2,1-3H3,(H,19,20).